The van der Waals surface area contributed by atoms with Crippen LogP contribution in [0.3, 0.4) is 0 Å². The Morgan fingerprint density at radius 3 is 2.62 bits per heavy atom. The predicted octanol–water partition coefficient (Wildman–Crippen LogP) is 3.36. The van der Waals surface area contributed by atoms with Crippen molar-refractivity contribution in [1.82, 2.24) is 4.98 Å². The van der Waals surface area contributed by atoms with Crippen LogP contribution in [0.4, 0.5) is 10.8 Å². The number of esters is 1. The molecule has 0 unspecified atom stereocenters. The topological polar surface area (TPSA) is 78.2 Å². The zero-order valence-electron chi connectivity index (χ0n) is 12.9. The number of para-hydroxylation sites is 1. The summed E-state index contributed by atoms with van der Waals surface area (Å²) in [4.78, 5) is 17.2. The van der Waals surface area contributed by atoms with Gasteiger partial charge in [-0.2, -0.15) is 4.73 Å². The summed E-state index contributed by atoms with van der Waals surface area (Å²) in [5.74, 6) is -0.483. The summed E-state index contributed by atoms with van der Waals surface area (Å²) in [7, 11) is 0. The second kappa shape index (κ2) is 7.10. The van der Waals surface area contributed by atoms with E-state index in [2.05, 4.69) is 10.3 Å². The molecule has 0 aliphatic heterocycles. The van der Waals surface area contributed by atoms with Crippen LogP contribution in [0.2, 0.25) is 0 Å². The third-order valence-corrected chi connectivity index (χ3v) is 4.21. The van der Waals surface area contributed by atoms with Gasteiger partial charge in [0.05, 0.1) is 11.5 Å². The number of benzene rings is 1. The molecule has 0 amide bonds. The van der Waals surface area contributed by atoms with E-state index in [0.29, 0.717) is 14.7 Å². The Labute approximate surface area is 143 Å². The molecule has 0 aliphatic carbocycles. The van der Waals surface area contributed by atoms with Gasteiger partial charge in [-0.1, -0.05) is 29.5 Å². The van der Waals surface area contributed by atoms with Crippen molar-refractivity contribution in [2.24, 2.45) is 0 Å². The highest BCUT2D eigenvalue weighted by molar-refractivity contribution is 7.19. The number of carbonyl (C=O) groups is 1. The maximum atomic E-state index is 12.2. The molecular weight excluding hydrogens is 326 g/mol. The SMILES string of the molecule is CCOC(=O)c1nc(Nc2ccccc2)sc1-c1cc[n+]([O-])cc1. The fraction of sp³-hybridized carbons (Fsp3) is 0.118. The first-order valence-electron chi connectivity index (χ1n) is 7.36. The van der Waals surface area contributed by atoms with Gasteiger partial charge >= 0.3 is 5.97 Å². The lowest BCUT2D eigenvalue weighted by Crippen LogP contribution is -2.23. The van der Waals surface area contributed by atoms with E-state index in [1.54, 1.807) is 19.1 Å². The number of nitrogens with zero attached hydrogens (tertiary/aromatic N) is 2. The summed E-state index contributed by atoms with van der Waals surface area (Å²) in [6.45, 7) is 2.02. The van der Waals surface area contributed by atoms with Gasteiger partial charge < -0.3 is 15.3 Å². The number of hydrogen-bond acceptors (Lipinski definition) is 6. The van der Waals surface area contributed by atoms with Crippen LogP contribution in [0.15, 0.2) is 54.9 Å². The summed E-state index contributed by atoms with van der Waals surface area (Å²) < 4.78 is 5.78. The first kappa shape index (κ1) is 15.9. The quantitative estimate of drug-likeness (QED) is 0.437. The van der Waals surface area contributed by atoms with Crippen molar-refractivity contribution in [2.75, 3.05) is 11.9 Å². The molecule has 7 heteroatoms. The molecule has 2 aromatic heterocycles. The highest BCUT2D eigenvalue weighted by Crippen LogP contribution is 2.34. The summed E-state index contributed by atoms with van der Waals surface area (Å²) >= 11 is 1.33. The van der Waals surface area contributed by atoms with Gasteiger partial charge in [-0.05, 0) is 19.1 Å². The summed E-state index contributed by atoms with van der Waals surface area (Å²) in [6.07, 6.45) is 2.77. The van der Waals surface area contributed by atoms with Crippen molar-refractivity contribution in [2.45, 2.75) is 6.92 Å². The number of aromatic nitrogens is 2. The Morgan fingerprint density at radius 1 is 1.25 bits per heavy atom. The zero-order valence-corrected chi connectivity index (χ0v) is 13.7. The molecule has 0 fully saturated rings. The molecule has 0 atom stereocenters. The van der Waals surface area contributed by atoms with E-state index < -0.39 is 5.97 Å². The van der Waals surface area contributed by atoms with Crippen molar-refractivity contribution in [3.05, 3.63) is 65.8 Å². The number of hydrogen-bond donors (Lipinski definition) is 1. The van der Waals surface area contributed by atoms with Gasteiger partial charge in [0, 0.05) is 23.4 Å². The van der Waals surface area contributed by atoms with Crippen molar-refractivity contribution in [1.29, 1.82) is 0 Å². The van der Waals surface area contributed by atoms with Crippen LogP contribution in [-0.2, 0) is 4.74 Å². The Bertz CT molecular complexity index is 832. The monoisotopic (exact) mass is 341 g/mol. The molecule has 0 spiro atoms. The van der Waals surface area contributed by atoms with Gasteiger partial charge in [-0.15, -0.1) is 0 Å². The van der Waals surface area contributed by atoms with E-state index in [4.69, 9.17) is 4.74 Å². The molecule has 1 aromatic carbocycles. The average molecular weight is 341 g/mol. The van der Waals surface area contributed by atoms with Gasteiger partial charge in [0.1, 0.15) is 0 Å². The third kappa shape index (κ3) is 3.52. The molecule has 2 heterocycles. The van der Waals surface area contributed by atoms with E-state index in [0.717, 1.165) is 11.3 Å². The van der Waals surface area contributed by atoms with E-state index in [1.807, 2.05) is 30.3 Å². The first-order valence-corrected chi connectivity index (χ1v) is 8.18. The van der Waals surface area contributed by atoms with Crippen molar-refractivity contribution < 1.29 is 14.3 Å². The third-order valence-electron chi connectivity index (χ3n) is 3.19. The van der Waals surface area contributed by atoms with Crippen LogP contribution < -0.4 is 10.0 Å². The van der Waals surface area contributed by atoms with Gasteiger partial charge in [0.2, 0.25) is 0 Å². The minimum absolute atomic E-state index is 0.240. The maximum absolute atomic E-state index is 12.2. The van der Waals surface area contributed by atoms with Crippen molar-refractivity contribution in [3.63, 3.8) is 0 Å². The molecular formula is C17H15N3O3S. The normalized spacial score (nSPS) is 10.4. The fourth-order valence-corrected chi connectivity index (χ4v) is 3.09. The van der Waals surface area contributed by atoms with Gasteiger partial charge in [-0.3, -0.25) is 0 Å². The molecule has 24 heavy (non-hydrogen) atoms. The number of nitrogens with one attached hydrogen (secondary N) is 1. The number of anilines is 2. The number of ether oxygens (including phenoxy) is 1. The number of rotatable bonds is 5. The molecule has 1 N–H and O–H groups in total. The molecule has 3 rings (SSSR count). The second-order valence-electron chi connectivity index (χ2n) is 4.85. The van der Waals surface area contributed by atoms with E-state index >= 15 is 0 Å². The smallest absolute Gasteiger partial charge is 0.358 e. The molecule has 0 saturated heterocycles. The highest BCUT2D eigenvalue weighted by Gasteiger charge is 2.21. The van der Waals surface area contributed by atoms with Gasteiger partial charge in [0.15, 0.2) is 23.2 Å². The lowest BCUT2D eigenvalue weighted by molar-refractivity contribution is -0.605. The van der Waals surface area contributed by atoms with E-state index in [1.165, 1.54) is 23.7 Å². The standard InChI is InChI=1S/C17H15N3O3S/c1-2-23-16(21)14-15(12-8-10-20(22)11-9-12)24-17(19-14)18-13-6-4-3-5-7-13/h3-11H,2H2,1H3,(H,18,19). The van der Waals surface area contributed by atoms with Crippen LogP contribution in [0.25, 0.3) is 10.4 Å². The minimum atomic E-state index is -0.483. The van der Waals surface area contributed by atoms with Crippen LogP contribution in [0.1, 0.15) is 17.4 Å². The molecule has 0 radical (unpaired) electrons. The van der Waals surface area contributed by atoms with Gasteiger partial charge in [-0.25, -0.2) is 9.78 Å². The predicted molar refractivity (Wildman–Crippen MR) is 92.2 cm³/mol. The minimum Gasteiger partial charge on any atom is -0.619 e. The van der Waals surface area contributed by atoms with Crippen molar-refractivity contribution in [3.8, 4) is 10.4 Å². The van der Waals surface area contributed by atoms with E-state index in [-0.39, 0.29) is 12.3 Å². The van der Waals surface area contributed by atoms with Crippen LogP contribution in [0, 0.1) is 5.21 Å². The number of pyridine rings is 1. The lowest BCUT2D eigenvalue weighted by atomic mass is 10.2. The zero-order chi connectivity index (χ0) is 16.9. The van der Waals surface area contributed by atoms with E-state index in [9.17, 15) is 10.0 Å². The molecule has 6 nitrogen and oxygen atoms in total. The molecule has 122 valence electrons. The van der Waals surface area contributed by atoms with Crippen LogP contribution in [-0.4, -0.2) is 17.6 Å². The Balaban J connectivity index is 1.99. The Kier molecular flexibility index (Phi) is 4.72. The summed E-state index contributed by atoms with van der Waals surface area (Å²) in [6, 6.07) is 12.9. The van der Waals surface area contributed by atoms with Gasteiger partial charge in [0.25, 0.3) is 0 Å². The first-order chi connectivity index (χ1) is 11.7. The second-order valence-corrected chi connectivity index (χ2v) is 5.85. The van der Waals surface area contributed by atoms with Crippen LogP contribution in [0.5, 0.6) is 0 Å². The molecule has 0 saturated carbocycles. The maximum Gasteiger partial charge on any atom is 0.358 e. The van der Waals surface area contributed by atoms with Crippen LogP contribution >= 0.6 is 11.3 Å². The highest BCUT2D eigenvalue weighted by atomic mass is 32.1. The number of carbonyl (C=O) groups excluding carboxylic acids is 1. The summed E-state index contributed by atoms with van der Waals surface area (Å²) in [5, 5.41) is 15.0. The summed E-state index contributed by atoms with van der Waals surface area (Å²) in [5.41, 5.74) is 1.85. The lowest BCUT2D eigenvalue weighted by Gasteiger charge is -2.02. The molecule has 0 bridgehead atoms. The molecule has 0 aliphatic rings. The Morgan fingerprint density at radius 2 is 1.96 bits per heavy atom. The largest absolute Gasteiger partial charge is 0.619 e. The number of thiazole rings is 1. The Hall–Kier alpha value is -2.93. The van der Waals surface area contributed by atoms with Crippen molar-refractivity contribution >= 4 is 28.1 Å². The fourth-order valence-electron chi connectivity index (χ4n) is 2.12. The molecule has 3 aromatic rings. The average Bonchev–Trinajstić information content (AvgIpc) is 3.00.